The van der Waals surface area contributed by atoms with E-state index in [1.165, 1.54) is 11.4 Å². The molecule has 0 N–H and O–H groups in total. The van der Waals surface area contributed by atoms with Gasteiger partial charge in [-0.15, -0.1) is 0 Å². The minimum absolute atomic E-state index is 1.10. The Morgan fingerprint density at radius 1 is 1.00 bits per heavy atom. The quantitative estimate of drug-likeness (QED) is 0.762. The second-order valence-electron chi connectivity index (χ2n) is 3.48. The van der Waals surface area contributed by atoms with Crippen LogP contribution < -0.4 is 0 Å². The summed E-state index contributed by atoms with van der Waals surface area (Å²) in [4.78, 5) is 0. The molecule has 0 saturated carbocycles. The number of nitrogens with zero attached hydrogens (tertiary/aromatic N) is 2. The zero-order valence-electron chi connectivity index (χ0n) is 9.59. The standard InChI is InChI=1S/C12H16N2S2/c1-15-13-8-9-14(16-2)12(13)10-11-6-4-3-5-7-11/h3-7,10H,8-9H2,1-2H3. The van der Waals surface area contributed by atoms with Gasteiger partial charge in [-0.1, -0.05) is 54.2 Å². The lowest BCUT2D eigenvalue weighted by molar-refractivity contribution is 0.632. The van der Waals surface area contributed by atoms with Crippen molar-refractivity contribution in [3.05, 3.63) is 41.7 Å². The van der Waals surface area contributed by atoms with E-state index in [0.29, 0.717) is 0 Å². The summed E-state index contributed by atoms with van der Waals surface area (Å²) in [6.45, 7) is 2.20. The molecule has 0 unspecified atom stereocenters. The Labute approximate surface area is 106 Å². The average Bonchev–Trinajstić information content (AvgIpc) is 2.72. The second-order valence-corrected chi connectivity index (χ2v) is 5.09. The van der Waals surface area contributed by atoms with Gasteiger partial charge in [0.2, 0.25) is 0 Å². The number of benzene rings is 1. The van der Waals surface area contributed by atoms with Crippen LogP contribution in [0.4, 0.5) is 0 Å². The fourth-order valence-electron chi connectivity index (χ4n) is 1.75. The molecule has 1 aliphatic heterocycles. The highest BCUT2D eigenvalue weighted by molar-refractivity contribution is 7.97. The Balaban J connectivity index is 2.25. The van der Waals surface area contributed by atoms with Crippen LogP contribution in [0.15, 0.2) is 36.2 Å². The average molecular weight is 252 g/mol. The predicted octanol–water partition coefficient (Wildman–Crippen LogP) is 3.16. The summed E-state index contributed by atoms with van der Waals surface area (Å²) < 4.78 is 4.67. The molecule has 0 amide bonds. The Hall–Kier alpha value is -0.740. The van der Waals surface area contributed by atoms with Crippen LogP contribution in [0.5, 0.6) is 0 Å². The maximum atomic E-state index is 2.34. The first-order valence-electron chi connectivity index (χ1n) is 5.25. The summed E-state index contributed by atoms with van der Waals surface area (Å²) in [5, 5.41) is 0. The van der Waals surface area contributed by atoms with Crippen LogP contribution in [-0.2, 0) is 0 Å². The van der Waals surface area contributed by atoms with Gasteiger partial charge < -0.3 is 0 Å². The first-order chi connectivity index (χ1) is 7.85. The van der Waals surface area contributed by atoms with Gasteiger partial charge in [0, 0.05) is 25.6 Å². The van der Waals surface area contributed by atoms with E-state index in [1.54, 1.807) is 23.9 Å². The molecule has 2 nitrogen and oxygen atoms in total. The van der Waals surface area contributed by atoms with E-state index in [-0.39, 0.29) is 0 Å². The summed E-state index contributed by atoms with van der Waals surface area (Å²) in [5.41, 5.74) is 1.26. The van der Waals surface area contributed by atoms with Crippen LogP contribution in [0.1, 0.15) is 5.56 Å². The molecule has 0 aliphatic carbocycles. The minimum Gasteiger partial charge on any atom is -0.300 e. The van der Waals surface area contributed by atoms with Gasteiger partial charge in [-0.05, 0) is 11.6 Å². The highest BCUT2D eigenvalue weighted by Crippen LogP contribution is 2.30. The number of rotatable bonds is 3. The van der Waals surface area contributed by atoms with Gasteiger partial charge in [0.1, 0.15) is 5.82 Å². The monoisotopic (exact) mass is 252 g/mol. The van der Waals surface area contributed by atoms with E-state index >= 15 is 0 Å². The molecule has 1 aromatic carbocycles. The second kappa shape index (κ2) is 5.55. The molecule has 0 atom stereocenters. The molecule has 1 saturated heterocycles. The van der Waals surface area contributed by atoms with Crippen LogP contribution >= 0.6 is 23.9 Å². The van der Waals surface area contributed by atoms with Gasteiger partial charge in [0.15, 0.2) is 0 Å². The molecule has 1 heterocycles. The SMILES string of the molecule is CSN1CCN(SC)C1=Cc1ccccc1. The maximum absolute atomic E-state index is 2.34. The maximum Gasteiger partial charge on any atom is 0.125 e. The lowest BCUT2D eigenvalue weighted by Crippen LogP contribution is -2.12. The number of hydrogen-bond donors (Lipinski definition) is 0. The van der Waals surface area contributed by atoms with Gasteiger partial charge in [-0.25, -0.2) is 0 Å². The van der Waals surface area contributed by atoms with Crippen LogP contribution in [0.3, 0.4) is 0 Å². The Bertz CT molecular complexity index is 351. The minimum atomic E-state index is 1.10. The smallest absolute Gasteiger partial charge is 0.125 e. The highest BCUT2D eigenvalue weighted by Gasteiger charge is 2.23. The fraction of sp³-hybridized carbons (Fsp3) is 0.333. The van der Waals surface area contributed by atoms with Gasteiger partial charge in [-0.3, -0.25) is 8.61 Å². The first kappa shape index (κ1) is 11.7. The van der Waals surface area contributed by atoms with E-state index in [9.17, 15) is 0 Å². The molecule has 1 aliphatic rings. The van der Waals surface area contributed by atoms with E-state index in [1.807, 2.05) is 0 Å². The molecular formula is C12H16N2S2. The van der Waals surface area contributed by atoms with Crippen molar-refractivity contribution < 1.29 is 0 Å². The molecule has 0 aromatic heterocycles. The van der Waals surface area contributed by atoms with Gasteiger partial charge in [0.05, 0.1) is 0 Å². The molecule has 0 bridgehead atoms. The van der Waals surface area contributed by atoms with Crippen molar-refractivity contribution >= 4 is 30.0 Å². The molecule has 86 valence electrons. The molecule has 1 fully saturated rings. The van der Waals surface area contributed by atoms with Crippen LogP contribution in [0.2, 0.25) is 0 Å². The first-order valence-corrected chi connectivity index (χ1v) is 7.61. The molecule has 16 heavy (non-hydrogen) atoms. The third-order valence-corrected chi connectivity index (χ3v) is 4.17. The van der Waals surface area contributed by atoms with Crippen molar-refractivity contribution in [2.24, 2.45) is 0 Å². The zero-order chi connectivity index (χ0) is 11.4. The van der Waals surface area contributed by atoms with Crippen LogP contribution in [0.25, 0.3) is 6.08 Å². The van der Waals surface area contributed by atoms with Crippen LogP contribution in [0, 0.1) is 0 Å². The Kier molecular flexibility index (Phi) is 4.07. The Morgan fingerprint density at radius 3 is 2.06 bits per heavy atom. The van der Waals surface area contributed by atoms with Crippen LogP contribution in [-0.4, -0.2) is 34.2 Å². The fourth-order valence-corrected chi connectivity index (χ4v) is 3.00. The Morgan fingerprint density at radius 2 is 1.56 bits per heavy atom. The molecule has 1 aromatic rings. The van der Waals surface area contributed by atoms with Crippen molar-refractivity contribution in [3.8, 4) is 0 Å². The summed E-state index contributed by atoms with van der Waals surface area (Å²) in [6.07, 6.45) is 6.51. The van der Waals surface area contributed by atoms with E-state index in [0.717, 1.165) is 13.1 Å². The highest BCUT2D eigenvalue weighted by atomic mass is 32.2. The lowest BCUT2D eigenvalue weighted by atomic mass is 10.2. The van der Waals surface area contributed by atoms with Gasteiger partial charge >= 0.3 is 0 Å². The predicted molar refractivity (Wildman–Crippen MR) is 74.9 cm³/mol. The van der Waals surface area contributed by atoms with E-state index in [2.05, 4.69) is 57.5 Å². The molecule has 0 radical (unpaired) electrons. The van der Waals surface area contributed by atoms with Crippen molar-refractivity contribution in [3.63, 3.8) is 0 Å². The van der Waals surface area contributed by atoms with Crippen molar-refractivity contribution in [1.29, 1.82) is 0 Å². The van der Waals surface area contributed by atoms with E-state index in [4.69, 9.17) is 0 Å². The normalized spacial score (nSPS) is 15.8. The van der Waals surface area contributed by atoms with Crippen molar-refractivity contribution in [2.45, 2.75) is 0 Å². The largest absolute Gasteiger partial charge is 0.300 e. The third-order valence-electron chi connectivity index (χ3n) is 2.55. The number of hydrogen-bond acceptors (Lipinski definition) is 4. The molecule has 4 heteroatoms. The van der Waals surface area contributed by atoms with Crippen molar-refractivity contribution in [2.75, 3.05) is 25.6 Å². The van der Waals surface area contributed by atoms with Gasteiger partial charge in [-0.2, -0.15) is 0 Å². The zero-order valence-corrected chi connectivity index (χ0v) is 11.2. The molecular weight excluding hydrogens is 236 g/mol. The van der Waals surface area contributed by atoms with Gasteiger partial charge in [0.25, 0.3) is 0 Å². The lowest BCUT2D eigenvalue weighted by Gasteiger charge is -2.20. The summed E-state index contributed by atoms with van der Waals surface area (Å²) in [6, 6.07) is 10.5. The van der Waals surface area contributed by atoms with Crippen molar-refractivity contribution in [1.82, 2.24) is 8.61 Å². The third kappa shape index (κ3) is 2.50. The summed E-state index contributed by atoms with van der Waals surface area (Å²) >= 11 is 3.58. The topological polar surface area (TPSA) is 6.48 Å². The molecule has 0 spiro atoms. The molecule has 2 rings (SSSR count). The summed E-state index contributed by atoms with van der Waals surface area (Å²) in [7, 11) is 0. The van der Waals surface area contributed by atoms with E-state index < -0.39 is 0 Å². The summed E-state index contributed by atoms with van der Waals surface area (Å²) in [5.74, 6) is 1.30.